The maximum Gasteiger partial charge on any atom is 0.271 e. The number of amides is 1. The van der Waals surface area contributed by atoms with Crippen LogP contribution in [0.1, 0.15) is 27.4 Å². The van der Waals surface area contributed by atoms with E-state index in [9.17, 15) is 14.3 Å². The average Bonchev–Trinajstić information content (AvgIpc) is 3.49. The molecule has 0 saturated heterocycles. The molecule has 4 heterocycles. The summed E-state index contributed by atoms with van der Waals surface area (Å²) in [5.41, 5.74) is 3.02. The van der Waals surface area contributed by atoms with Crippen LogP contribution in [0.4, 0.5) is 16.0 Å². The number of aryl methyl sites for hydroxylation is 1. The van der Waals surface area contributed by atoms with Gasteiger partial charge in [-0.1, -0.05) is 22.8 Å². The molecule has 0 saturated carbocycles. The third-order valence-electron chi connectivity index (χ3n) is 6.31. The molecule has 0 spiro atoms. The first-order chi connectivity index (χ1) is 17.9. The lowest BCUT2D eigenvalue weighted by atomic mass is 10.0. The molecule has 1 amide bonds. The molecular formula is C26H25ClFN5O4. The summed E-state index contributed by atoms with van der Waals surface area (Å²) < 4.78 is 26.3. The lowest BCUT2D eigenvalue weighted by molar-refractivity contribution is 0.0386. The zero-order valence-corrected chi connectivity index (χ0v) is 21.0. The number of anilines is 2. The van der Waals surface area contributed by atoms with Gasteiger partial charge in [-0.2, -0.15) is 0 Å². The summed E-state index contributed by atoms with van der Waals surface area (Å²) in [6.07, 6.45) is 3.41. The van der Waals surface area contributed by atoms with Gasteiger partial charge in [0.1, 0.15) is 23.1 Å². The molecule has 37 heavy (non-hydrogen) atoms. The first-order valence-corrected chi connectivity index (χ1v) is 12.0. The van der Waals surface area contributed by atoms with Crippen LogP contribution in [0.2, 0.25) is 5.02 Å². The standard InChI is InChI=1S/C26H25ClFN5O4/c1-15-5-25(31-37-15)30-24-8-21(22(27)9-29-24)18-7-23-26(35)33(20(14-36-2)12-32(23)10-18)11-17-6-19(28)4-3-16(17)13-34/h3-10,20,34H,11-14H2,1-2H3,(H,29,30,31). The Hall–Kier alpha value is -3.73. The monoisotopic (exact) mass is 525 g/mol. The number of rotatable bonds is 8. The van der Waals surface area contributed by atoms with Crippen molar-refractivity contribution < 1.29 is 23.6 Å². The molecule has 3 aromatic heterocycles. The number of nitrogens with zero attached hydrogens (tertiary/aromatic N) is 4. The van der Waals surface area contributed by atoms with Crippen molar-refractivity contribution >= 4 is 29.1 Å². The Morgan fingerprint density at radius 3 is 2.81 bits per heavy atom. The number of fused-ring (bicyclic) bond motifs is 1. The molecule has 0 fully saturated rings. The molecule has 0 bridgehead atoms. The number of ether oxygens (including phenoxy) is 1. The van der Waals surface area contributed by atoms with Crippen molar-refractivity contribution in [2.45, 2.75) is 32.7 Å². The van der Waals surface area contributed by atoms with Crippen molar-refractivity contribution in [2.75, 3.05) is 19.0 Å². The minimum absolute atomic E-state index is 0.141. The van der Waals surface area contributed by atoms with Gasteiger partial charge in [0.25, 0.3) is 5.91 Å². The summed E-state index contributed by atoms with van der Waals surface area (Å²) in [7, 11) is 1.57. The highest BCUT2D eigenvalue weighted by molar-refractivity contribution is 6.33. The number of carbonyl (C=O) groups excluding carboxylic acids is 1. The van der Waals surface area contributed by atoms with Crippen LogP contribution in [0, 0.1) is 12.7 Å². The third-order valence-corrected chi connectivity index (χ3v) is 6.61. The molecule has 1 unspecified atom stereocenters. The molecule has 1 aliphatic heterocycles. The fourth-order valence-electron chi connectivity index (χ4n) is 4.53. The first-order valence-electron chi connectivity index (χ1n) is 11.6. The van der Waals surface area contributed by atoms with Crippen LogP contribution >= 0.6 is 11.6 Å². The lowest BCUT2D eigenvalue weighted by Crippen LogP contribution is -2.49. The smallest absolute Gasteiger partial charge is 0.271 e. The quantitative estimate of drug-likeness (QED) is 0.348. The van der Waals surface area contributed by atoms with Crippen LogP contribution in [0.15, 0.2) is 53.3 Å². The van der Waals surface area contributed by atoms with Crippen LogP contribution in [0.5, 0.6) is 0 Å². The van der Waals surface area contributed by atoms with Crippen LogP contribution < -0.4 is 5.32 Å². The van der Waals surface area contributed by atoms with E-state index in [1.54, 1.807) is 37.1 Å². The number of pyridine rings is 1. The van der Waals surface area contributed by atoms with Crippen molar-refractivity contribution in [3.63, 3.8) is 0 Å². The van der Waals surface area contributed by atoms with Crippen LogP contribution in [-0.2, 0) is 24.4 Å². The zero-order valence-electron chi connectivity index (χ0n) is 20.2. The Morgan fingerprint density at radius 2 is 2.08 bits per heavy atom. The number of hydrogen-bond acceptors (Lipinski definition) is 7. The van der Waals surface area contributed by atoms with Gasteiger partial charge in [0.2, 0.25) is 0 Å². The first kappa shape index (κ1) is 24.9. The lowest BCUT2D eigenvalue weighted by Gasteiger charge is -2.36. The van der Waals surface area contributed by atoms with E-state index in [2.05, 4.69) is 15.5 Å². The van der Waals surface area contributed by atoms with E-state index in [-0.39, 0.29) is 25.1 Å². The number of hydrogen-bond donors (Lipinski definition) is 2. The van der Waals surface area contributed by atoms with Gasteiger partial charge in [0, 0.05) is 49.8 Å². The summed E-state index contributed by atoms with van der Waals surface area (Å²) in [4.78, 5) is 19.6. The average molecular weight is 526 g/mol. The predicted octanol–water partition coefficient (Wildman–Crippen LogP) is 4.55. The molecule has 1 aliphatic rings. The van der Waals surface area contributed by atoms with Gasteiger partial charge in [-0.3, -0.25) is 4.79 Å². The molecule has 192 valence electrons. The van der Waals surface area contributed by atoms with Crippen molar-refractivity contribution in [1.82, 2.24) is 19.6 Å². The van der Waals surface area contributed by atoms with E-state index in [1.807, 2.05) is 10.8 Å². The number of nitrogens with one attached hydrogen (secondary N) is 1. The second-order valence-electron chi connectivity index (χ2n) is 8.88. The number of aromatic nitrogens is 3. The van der Waals surface area contributed by atoms with E-state index in [0.717, 1.165) is 5.56 Å². The van der Waals surface area contributed by atoms with Gasteiger partial charge in [-0.25, -0.2) is 9.37 Å². The molecule has 0 radical (unpaired) electrons. The minimum atomic E-state index is -0.428. The topological polar surface area (TPSA) is 106 Å². The highest BCUT2D eigenvalue weighted by Crippen LogP contribution is 2.34. The molecule has 1 aromatic carbocycles. The van der Waals surface area contributed by atoms with Crippen molar-refractivity contribution in [3.05, 3.63) is 82.2 Å². The second-order valence-corrected chi connectivity index (χ2v) is 9.28. The number of methoxy groups -OCH3 is 1. The van der Waals surface area contributed by atoms with Crippen LogP contribution in [-0.4, -0.2) is 50.4 Å². The molecule has 1 atom stereocenters. The number of aliphatic hydroxyl groups excluding tert-OH is 1. The van der Waals surface area contributed by atoms with Gasteiger partial charge in [-0.05, 0) is 42.3 Å². The maximum atomic E-state index is 14.0. The second kappa shape index (κ2) is 10.3. The summed E-state index contributed by atoms with van der Waals surface area (Å²) in [5.74, 6) is 1.04. The number of aliphatic hydroxyl groups is 1. The minimum Gasteiger partial charge on any atom is -0.392 e. The van der Waals surface area contributed by atoms with E-state index >= 15 is 0 Å². The molecule has 9 nitrogen and oxygen atoms in total. The Kier molecular flexibility index (Phi) is 6.96. The highest BCUT2D eigenvalue weighted by Gasteiger charge is 2.34. The maximum absolute atomic E-state index is 14.0. The fourth-order valence-corrected chi connectivity index (χ4v) is 4.74. The number of halogens is 2. The number of carbonyl (C=O) groups is 1. The summed E-state index contributed by atoms with van der Waals surface area (Å²) in [6.45, 7) is 2.45. The predicted molar refractivity (Wildman–Crippen MR) is 135 cm³/mol. The Balaban J connectivity index is 1.47. The summed E-state index contributed by atoms with van der Waals surface area (Å²) in [6, 6.07) is 9.19. The molecule has 2 N–H and O–H groups in total. The largest absolute Gasteiger partial charge is 0.392 e. The van der Waals surface area contributed by atoms with Crippen molar-refractivity contribution in [1.29, 1.82) is 0 Å². The van der Waals surface area contributed by atoms with Gasteiger partial charge in [-0.15, -0.1) is 0 Å². The fraction of sp³-hybridized carbons (Fsp3) is 0.269. The number of benzene rings is 1. The molecular weight excluding hydrogens is 501 g/mol. The van der Waals surface area contributed by atoms with E-state index in [4.69, 9.17) is 20.9 Å². The molecule has 4 aromatic rings. The van der Waals surface area contributed by atoms with E-state index in [1.165, 1.54) is 24.4 Å². The van der Waals surface area contributed by atoms with Gasteiger partial charge < -0.3 is 29.2 Å². The van der Waals surface area contributed by atoms with Crippen molar-refractivity contribution in [2.24, 2.45) is 0 Å². The third kappa shape index (κ3) is 5.08. The molecule has 0 aliphatic carbocycles. The Morgan fingerprint density at radius 1 is 1.24 bits per heavy atom. The molecule has 11 heteroatoms. The van der Waals surface area contributed by atoms with Gasteiger partial charge in [0.05, 0.1) is 24.3 Å². The summed E-state index contributed by atoms with van der Waals surface area (Å²) in [5, 5.41) is 17.1. The van der Waals surface area contributed by atoms with Crippen molar-refractivity contribution in [3.8, 4) is 11.1 Å². The van der Waals surface area contributed by atoms with E-state index < -0.39 is 5.82 Å². The highest BCUT2D eigenvalue weighted by atomic mass is 35.5. The normalized spacial score (nSPS) is 15.2. The van der Waals surface area contributed by atoms with Gasteiger partial charge in [0.15, 0.2) is 5.82 Å². The Bertz CT molecular complexity index is 1450. The summed E-state index contributed by atoms with van der Waals surface area (Å²) >= 11 is 6.49. The molecule has 5 rings (SSSR count). The van der Waals surface area contributed by atoms with Crippen LogP contribution in [0.3, 0.4) is 0 Å². The van der Waals surface area contributed by atoms with E-state index in [0.29, 0.717) is 58.0 Å². The SMILES string of the molecule is COCC1Cn2cc(-c3cc(Nc4cc(C)on4)ncc3Cl)cc2C(=O)N1Cc1cc(F)ccc1CO. The Labute approximate surface area is 217 Å². The van der Waals surface area contributed by atoms with Gasteiger partial charge >= 0.3 is 0 Å². The zero-order chi connectivity index (χ0) is 26.1. The van der Waals surface area contributed by atoms with Crippen LogP contribution in [0.25, 0.3) is 11.1 Å².